The predicted octanol–water partition coefficient (Wildman–Crippen LogP) is 9.35. The molecule has 0 radical (unpaired) electrons. The van der Waals surface area contributed by atoms with Crippen LogP contribution in [0, 0.1) is 0 Å². The minimum Gasteiger partial charge on any atom is -0.505 e. The van der Waals surface area contributed by atoms with E-state index >= 15 is 0 Å². The van der Waals surface area contributed by atoms with Gasteiger partial charge in [0, 0.05) is 10.8 Å². The minimum atomic E-state index is -0.495. The molecule has 1 heterocycles. The van der Waals surface area contributed by atoms with Gasteiger partial charge in [-0.3, -0.25) is 0 Å². The number of para-hydroxylation sites is 1. The van der Waals surface area contributed by atoms with Crippen LogP contribution in [0.5, 0.6) is 17.2 Å². The fraction of sp³-hybridized carbons (Fsp3) is 0. The molecule has 0 aliphatic heterocycles. The van der Waals surface area contributed by atoms with Crippen molar-refractivity contribution < 1.29 is 19.7 Å². The number of aromatic hydroxyl groups is 3. The Morgan fingerprint density at radius 2 is 0.796 bits per heavy atom. The molecule has 4 nitrogen and oxygen atoms in total. The van der Waals surface area contributed by atoms with Crippen LogP contribution in [0.1, 0.15) is 0 Å². The lowest BCUT2D eigenvalue weighted by molar-refractivity contribution is 0.372. The second-order valence-corrected chi connectivity index (χ2v) is 14.1. The Morgan fingerprint density at radius 1 is 0.333 bits per heavy atom. The molecule has 0 bridgehead atoms. The number of benzene rings is 9. The molecule has 6 heteroatoms. The first-order valence-electron chi connectivity index (χ1n) is 18.1. The van der Waals surface area contributed by atoms with Crippen molar-refractivity contribution in [1.29, 1.82) is 0 Å². The number of hydrogen-bond donors (Lipinski definition) is 3. The Kier molecular flexibility index (Phi) is 7.11. The third-order valence-corrected chi connectivity index (χ3v) is 11.2. The van der Waals surface area contributed by atoms with Crippen LogP contribution in [0.25, 0.3) is 98.8 Å². The minimum absolute atomic E-state index is 0.312. The molecule has 0 unspecified atom stereocenters. The summed E-state index contributed by atoms with van der Waals surface area (Å²) >= 11 is 0. The smallest absolute Gasteiger partial charge is 0.199 e. The van der Waals surface area contributed by atoms with Gasteiger partial charge < -0.3 is 19.7 Å². The largest absolute Gasteiger partial charge is 0.505 e. The Balaban J connectivity index is 1.20. The summed E-state index contributed by atoms with van der Waals surface area (Å²) in [6, 6.07) is 53.3. The molecule has 10 rings (SSSR count). The summed E-state index contributed by atoms with van der Waals surface area (Å²) in [7, 11) is 3.54. The van der Waals surface area contributed by atoms with Crippen molar-refractivity contribution in [2.45, 2.75) is 0 Å². The zero-order valence-electron chi connectivity index (χ0n) is 29.7. The summed E-state index contributed by atoms with van der Waals surface area (Å²) in [5.74, 6) is -1.12. The lowest BCUT2D eigenvalue weighted by Gasteiger charge is -2.21. The molecule has 1 aromatic heterocycles. The highest BCUT2D eigenvalue weighted by atomic mass is 16.3. The normalized spacial score (nSPS) is 11.7. The highest BCUT2D eigenvalue weighted by molar-refractivity contribution is 6.47. The average Bonchev–Trinajstić information content (AvgIpc) is 3.59. The van der Waals surface area contributed by atoms with Crippen molar-refractivity contribution in [2.75, 3.05) is 0 Å². The van der Waals surface area contributed by atoms with E-state index in [1.54, 1.807) is 15.7 Å². The zero-order chi connectivity index (χ0) is 36.7. The van der Waals surface area contributed by atoms with Gasteiger partial charge in [0.25, 0.3) is 0 Å². The number of rotatable bonds is 4. The molecule has 0 atom stereocenters. The van der Waals surface area contributed by atoms with Crippen LogP contribution in [0.15, 0.2) is 156 Å². The molecular weight excluding hydrogens is 662 g/mol. The van der Waals surface area contributed by atoms with Gasteiger partial charge in [-0.05, 0) is 112 Å². The SMILES string of the molecule is Bc1c(O)c(O)c(O)c(B)c1-c1ccc(-c2c3ccccc3c(-c3cccc(-c4ccc5c(c4)oc4ccccc45)c3)c3ccccc23)c2ccccc12. The maximum Gasteiger partial charge on any atom is 0.199 e. The van der Waals surface area contributed by atoms with Gasteiger partial charge in [0.15, 0.2) is 17.2 Å². The molecule has 0 amide bonds. The number of phenolic OH excluding ortho intramolecular Hbond substituents is 3. The fourth-order valence-electron chi connectivity index (χ4n) is 8.61. The highest BCUT2D eigenvalue weighted by Gasteiger charge is 2.23. The summed E-state index contributed by atoms with van der Waals surface area (Å²) in [4.78, 5) is 0. The van der Waals surface area contributed by atoms with Crippen molar-refractivity contribution in [3.63, 3.8) is 0 Å². The van der Waals surface area contributed by atoms with Gasteiger partial charge in [0.05, 0.1) is 0 Å². The summed E-state index contributed by atoms with van der Waals surface area (Å²) in [5.41, 5.74) is 11.1. The average molecular weight is 694 g/mol. The lowest BCUT2D eigenvalue weighted by atomic mass is 9.75. The number of hydrogen-bond acceptors (Lipinski definition) is 4. The summed E-state index contributed by atoms with van der Waals surface area (Å²) < 4.78 is 6.26. The Morgan fingerprint density at radius 3 is 1.41 bits per heavy atom. The molecule has 9 aromatic carbocycles. The molecule has 54 heavy (non-hydrogen) atoms. The van der Waals surface area contributed by atoms with Crippen LogP contribution in [0.2, 0.25) is 0 Å². The van der Waals surface area contributed by atoms with E-state index in [9.17, 15) is 15.3 Å². The van der Waals surface area contributed by atoms with E-state index in [4.69, 9.17) is 4.42 Å². The molecular formula is C48H32B2O4. The first kappa shape index (κ1) is 31.8. The van der Waals surface area contributed by atoms with E-state index in [1.165, 1.54) is 5.56 Å². The Labute approximate surface area is 313 Å². The van der Waals surface area contributed by atoms with Gasteiger partial charge in [-0.25, -0.2) is 0 Å². The molecule has 0 saturated carbocycles. The van der Waals surface area contributed by atoms with Crippen LogP contribution in [0.3, 0.4) is 0 Å². The molecule has 0 saturated heterocycles. The number of fused-ring (bicyclic) bond motifs is 6. The van der Waals surface area contributed by atoms with Gasteiger partial charge >= 0.3 is 0 Å². The van der Waals surface area contributed by atoms with E-state index in [0.29, 0.717) is 16.5 Å². The monoisotopic (exact) mass is 694 g/mol. The first-order valence-corrected chi connectivity index (χ1v) is 18.1. The lowest BCUT2D eigenvalue weighted by Crippen LogP contribution is -2.20. The van der Waals surface area contributed by atoms with E-state index in [-0.39, 0.29) is 11.5 Å². The van der Waals surface area contributed by atoms with Gasteiger partial charge in [0.2, 0.25) is 0 Å². The fourth-order valence-corrected chi connectivity index (χ4v) is 8.61. The zero-order valence-corrected chi connectivity index (χ0v) is 29.7. The molecule has 3 N–H and O–H groups in total. The van der Waals surface area contributed by atoms with E-state index < -0.39 is 5.75 Å². The van der Waals surface area contributed by atoms with Crippen LogP contribution in [0.4, 0.5) is 0 Å². The second kappa shape index (κ2) is 12.1. The first-order chi connectivity index (χ1) is 26.4. The van der Waals surface area contributed by atoms with Crippen LogP contribution >= 0.6 is 0 Å². The molecule has 0 fully saturated rings. The van der Waals surface area contributed by atoms with Crippen molar-refractivity contribution in [3.05, 3.63) is 152 Å². The van der Waals surface area contributed by atoms with Gasteiger partial charge in [-0.2, -0.15) is 0 Å². The Bertz CT molecular complexity index is 3090. The third kappa shape index (κ3) is 4.66. The predicted molar refractivity (Wildman–Crippen MR) is 229 cm³/mol. The third-order valence-electron chi connectivity index (χ3n) is 11.2. The van der Waals surface area contributed by atoms with E-state index in [1.807, 2.05) is 30.3 Å². The highest BCUT2D eigenvalue weighted by Crippen LogP contribution is 2.47. The topological polar surface area (TPSA) is 73.8 Å². The molecule has 0 aliphatic rings. The van der Waals surface area contributed by atoms with Crippen molar-refractivity contribution in [1.82, 2.24) is 0 Å². The maximum absolute atomic E-state index is 10.8. The van der Waals surface area contributed by atoms with Gasteiger partial charge in [0.1, 0.15) is 26.9 Å². The van der Waals surface area contributed by atoms with Gasteiger partial charge in [-0.15, -0.1) is 0 Å². The summed E-state index contributed by atoms with van der Waals surface area (Å²) in [6.07, 6.45) is 0. The Hall–Kier alpha value is -6.91. The molecule has 0 aliphatic carbocycles. The standard InChI is InChI=1S/C48H32B2O4/c49-44-43(45(50)47(52)48(53)46(44)51)38-23-22-37(29-12-1-2-13-30(29)38)42-35-17-5-3-15-33(35)41(34-16-4-6-18-36(34)42)28-11-9-10-26(24-28)27-20-21-32-31-14-7-8-19-39(31)54-40(32)25-27/h1-25,51-53H,49-50H2. The van der Waals surface area contributed by atoms with Crippen molar-refractivity contribution in [2.24, 2.45) is 0 Å². The van der Waals surface area contributed by atoms with Crippen molar-refractivity contribution >= 4 is 80.9 Å². The molecule has 0 spiro atoms. The van der Waals surface area contributed by atoms with E-state index in [2.05, 4.69) is 121 Å². The van der Waals surface area contributed by atoms with Gasteiger partial charge in [-0.1, -0.05) is 127 Å². The molecule has 254 valence electrons. The van der Waals surface area contributed by atoms with Crippen molar-refractivity contribution in [3.8, 4) is 61.8 Å². The summed E-state index contributed by atoms with van der Waals surface area (Å²) in [6.45, 7) is 0. The van der Waals surface area contributed by atoms with Crippen LogP contribution < -0.4 is 10.9 Å². The summed E-state index contributed by atoms with van der Waals surface area (Å²) in [5, 5.41) is 40.8. The van der Waals surface area contributed by atoms with Crippen LogP contribution in [-0.4, -0.2) is 31.0 Å². The number of phenols is 3. The van der Waals surface area contributed by atoms with E-state index in [0.717, 1.165) is 87.6 Å². The second-order valence-electron chi connectivity index (χ2n) is 14.1. The quantitative estimate of drug-likeness (QED) is 0.0976. The molecule has 10 aromatic rings. The maximum atomic E-state index is 10.8. The number of furan rings is 1. The van der Waals surface area contributed by atoms with Crippen LogP contribution in [-0.2, 0) is 0 Å².